The van der Waals surface area contributed by atoms with Gasteiger partial charge in [-0.2, -0.15) is 0 Å². The molecule has 2 aromatic heterocycles. The molecule has 0 aliphatic heterocycles. The van der Waals surface area contributed by atoms with E-state index in [4.69, 9.17) is 9.15 Å². The average molecular weight is 364 g/mol. The topological polar surface area (TPSA) is 58.8 Å². The Morgan fingerprint density at radius 3 is 2.80 bits per heavy atom. The standard InChI is InChI=1S/C19H29N3O2S/c1-16(2)8-12-23-13-10-21-19(22-15-18-6-4-14-25-18)20-9-7-17-5-3-11-24-17/h3-6,11,14,16H,7-10,12-13,15H2,1-2H3,(H2,20,21,22). The third-order valence-corrected chi connectivity index (χ3v) is 4.46. The van der Waals surface area contributed by atoms with Crippen LogP contribution in [0.1, 0.15) is 30.9 Å². The maximum atomic E-state index is 5.65. The molecule has 5 nitrogen and oxygen atoms in total. The Morgan fingerprint density at radius 2 is 2.08 bits per heavy atom. The number of nitrogens with one attached hydrogen (secondary N) is 2. The summed E-state index contributed by atoms with van der Waals surface area (Å²) in [5.74, 6) is 2.47. The normalized spacial score (nSPS) is 11.9. The summed E-state index contributed by atoms with van der Waals surface area (Å²) in [4.78, 5) is 5.90. The van der Waals surface area contributed by atoms with Crippen LogP contribution in [0.2, 0.25) is 0 Å². The lowest BCUT2D eigenvalue weighted by molar-refractivity contribution is 0.128. The maximum absolute atomic E-state index is 5.65. The number of thiophene rings is 1. The van der Waals surface area contributed by atoms with Crippen LogP contribution in [0.5, 0.6) is 0 Å². The fourth-order valence-electron chi connectivity index (χ4n) is 2.16. The molecule has 2 aromatic rings. The van der Waals surface area contributed by atoms with Crippen LogP contribution in [-0.4, -0.2) is 32.3 Å². The third-order valence-electron chi connectivity index (χ3n) is 3.60. The van der Waals surface area contributed by atoms with Gasteiger partial charge in [-0.15, -0.1) is 11.3 Å². The Hall–Kier alpha value is -1.79. The molecular formula is C19H29N3O2S. The Labute approximate surface area is 154 Å². The smallest absolute Gasteiger partial charge is 0.191 e. The molecule has 0 bridgehead atoms. The van der Waals surface area contributed by atoms with Crippen LogP contribution in [0.4, 0.5) is 0 Å². The zero-order valence-corrected chi connectivity index (χ0v) is 16.0. The first-order valence-corrected chi connectivity index (χ1v) is 9.76. The largest absolute Gasteiger partial charge is 0.469 e. The van der Waals surface area contributed by atoms with E-state index in [9.17, 15) is 0 Å². The van der Waals surface area contributed by atoms with Crippen molar-refractivity contribution < 1.29 is 9.15 Å². The predicted molar refractivity (Wildman–Crippen MR) is 104 cm³/mol. The van der Waals surface area contributed by atoms with Gasteiger partial charge >= 0.3 is 0 Å². The molecule has 0 fully saturated rings. The van der Waals surface area contributed by atoms with Gasteiger partial charge in [-0.05, 0) is 35.9 Å². The van der Waals surface area contributed by atoms with Gasteiger partial charge in [0.1, 0.15) is 5.76 Å². The monoisotopic (exact) mass is 363 g/mol. The van der Waals surface area contributed by atoms with Gasteiger partial charge in [-0.3, -0.25) is 0 Å². The quantitative estimate of drug-likeness (QED) is 0.363. The number of nitrogens with zero attached hydrogens (tertiary/aromatic N) is 1. The van der Waals surface area contributed by atoms with E-state index in [1.807, 2.05) is 12.1 Å². The predicted octanol–water partition coefficient (Wildman–Crippen LogP) is 3.68. The van der Waals surface area contributed by atoms with Gasteiger partial charge in [-0.25, -0.2) is 4.99 Å². The van der Waals surface area contributed by atoms with Crippen molar-refractivity contribution in [2.24, 2.45) is 10.9 Å². The second-order valence-electron chi connectivity index (χ2n) is 6.22. The minimum Gasteiger partial charge on any atom is -0.469 e. The molecule has 138 valence electrons. The number of rotatable bonds is 11. The van der Waals surface area contributed by atoms with Crippen LogP contribution in [0.15, 0.2) is 45.3 Å². The van der Waals surface area contributed by atoms with E-state index >= 15 is 0 Å². The maximum Gasteiger partial charge on any atom is 0.191 e. The van der Waals surface area contributed by atoms with Crippen molar-refractivity contribution in [1.82, 2.24) is 10.6 Å². The van der Waals surface area contributed by atoms with Crippen molar-refractivity contribution in [3.8, 4) is 0 Å². The second-order valence-corrected chi connectivity index (χ2v) is 7.25. The van der Waals surface area contributed by atoms with Crippen molar-refractivity contribution in [1.29, 1.82) is 0 Å². The number of hydrogen-bond donors (Lipinski definition) is 2. The summed E-state index contributed by atoms with van der Waals surface area (Å²) >= 11 is 1.72. The number of aliphatic imine (C=N–C) groups is 1. The zero-order valence-electron chi connectivity index (χ0n) is 15.2. The molecule has 0 amide bonds. The van der Waals surface area contributed by atoms with E-state index in [2.05, 4.69) is 47.0 Å². The summed E-state index contributed by atoms with van der Waals surface area (Å²) in [6, 6.07) is 8.05. The van der Waals surface area contributed by atoms with Gasteiger partial charge in [0.2, 0.25) is 0 Å². The van der Waals surface area contributed by atoms with Crippen LogP contribution >= 0.6 is 11.3 Å². The van der Waals surface area contributed by atoms with Crippen molar-refractivity contribution in [2.75, 3.05) is 26.3 Å². The van der Waals surface area contributed by atoms with Gasteiger partial charge in [0.15, 0.2) is 5.96 Å². The molecular weight excluding hydrogens is 334 g/mol. The van der Waals surface area contributed by atoms with E-state index < -0.39 is 0 Å². The highest BCUT2D eigenvalue weighted by molar-refractivity contribution is 7.09. The van der Waals surface area contributed by atoms with E-state index in [0.717, 1.165) is 44.3 Å². The molecule has 25 heavy (non-hydrogen) atoms. The molecule has 0 atom stereocenters. The average Bonchev–Trinajstić information content (AvgIpc) is 3.28. The summed E-state index contributed by atoms with van der Waals surface area (Å²) in [5.41, 5.74) is 0. The Balaban J connectivity index is 1.72. The molecule has 6 heteroatoms. The summed E-state index contributed by atoms with van der Waals surface area (Å²) in [7, 11) is 0. The summed E-state index contributed by atoms with van der Waals surface area (Å²) in [5, 5.41) is 8.77. The molecule has 0 aliphatic carbocycles. The minimum atomic E-state index is 0.680. The fourth-order valence-corrected chi connectivity index (χ4v) is 2.78. The number of hydrogen-bond acceptors (Lipinski definition) is 4. The molecule has 0 unspecified atom stereocenters. The van der Waals surface area contributed by atoms with Crippen LogP contribution < -0.4 is 10.6 Å². The van der Waals surface area contributed by atoms with Crippen LogP contribution in [0.3, 0.4) is 0 Å². The van der Waals surface area contributed by atoms with Crippen LogP contribution in [0, 0.1) is 5.92 Å². The third kappa shape index (κ3) is 8.74. The van der Waals surface area contributed by atoms with Gasteiger partial charge in [-0.1, -0.05) is 19.9 Å². The lowest BCUT2D eigenvalue weighted by Gasteiger charge is -2.13. The molecule has 2 N–H and O–H groups in total. The first-order valence-electron chi connectivity index (χ1n) is 8.88. The minimum absolute atomic E-state index is 0.680. The van der Waals surface area contributed by atoms with Crippen molar-refractivity contribution in [3.63, 3.8) is 0 Å². The molecule has 0 aromatic carbocycles. The fraction of sp³-hybridized carbons (Fsp3) is 0.526. The molecule has 0 radical (unpaired) electrons. The molecule has 0 saturated heterocycles. The van der Waals surface area contributed by atoms with E-state index in [0.29, 0.717) is 19.1 Å². The number of furan rings is 1. The first-order chi connectivity index (χ1) is 12.2. The Kier molecular flexibility index (Phi) is 9.15. The zero-order chi connectivity index (χ0) is 17.7. The van der Waals surface area contributed by atoms with Gasteiger partial charge in [0.25, 0.3) is 0 Å². The van der Waals surface area contributed by atoms with E-state index in [-0.39, 0.29) is 0 Å². The van der Waals surface area contributed by atoms with Crippen molar-refractivity contribution in [2.45, 2.75) is 33.2 Å². The number of ether oxygens (including phenoxy) is 1. The highest BCUT2D eigenvalue weighted by atomic mass is 32.1. The molecule has 0 aliphatic rings. The van der Waals surface area contributed by atoms with Gasteiger partial charge < -0.3 is 19.8 Å². The van der Waals surface area contributed by atoms with E-state index in [1.165, 1.54) is 4.88 Å². The van der Waals surface area contributed by atoms with Gasteiger partial charge in [0.05, 0.1) is 19.4 Å². The summed E-state index contributed by atoms with van der Waals surface area (Å²) < 4.78 is 11.0. The SMILES string of the molecule is CC(C)CCOCCNC(=NCc1cccs1)NCCc1ccco1. The van der Waals surface area contributed by atoms with Crippen LogP contribution in [0.25, 0.3) is 0 Å². The second kappa shape index (κ2) is 11.7. The van der Waals surface area contributed by atoms with Crippen molar-refractivity contribution >= 4 is 17.3 Å². The lowest BCUT2D eigenvalue weighted by Crippen LogP contribution is -2.40. The van der Waals surface area contributed by atoms with E-state index in [1.54, 1.807) is 17.6 Å². The van der Waals surface area contributed by atoms with Crippen molar-refractivity contribution in [3.05, 3.63) is 46.5 Å². The van der Waals surface area contributed by atoms with Gasteiger partial charge in [0, 0.05) is 31.0 Å². The molecule has 2 heterocycles. The highest BCUT2D eigenvalue weighted by Crippen LogP contribution is 2.09. The Bertz CT molecular complexity index is 580. The lowest BCUT2D eigenvalue weighted by atomic mass is 10.1. The summed E-state index contributed by atoms with van der Waals surface area (Å²) in [6.07, 6.45) is 3.63. The van der Waals surface area contributed by atoms with Crippen LogP contribution in [-0.2, 0) is 17.7 Å². The highest BCUT2D eigenvalue weighted by Gasteiger charge is 2.01. The Morgan fingerprint density at radius 1 is 1.20 bits per heavy atom. The molecule has 0 spiro atoms. The molecule has 0 saturated carbocycles. The number of guanidine groups is 1. The first kappa shape index (κ1) is 19.5. The molecule has 2 rings (SSSR count). The summed E-state index contributed by atoms with van der Waals surface area (Å²) in [6.45, 7) is 8.12.